The van der Waals surface area contributed by atoms with Crippen molar-refractivity contribution in [1.82, 2.24) is 0 Å². The molecule has 1 fully saturated rings. The van der Waals surface area contributed by atoms with Crippen LogP contribution >= 0.6 is 0 Å². The molecule has 17 heavy (non-hydrogen) atoms. The number of hydrogen-bond donors (Lipinski definition) is 1. The second kappa shape index (κ2) is 11.0. The Hall–Kier alpha value is -0.160. The van der Waals surface area contributed by atoms with E-state index in [-0.39, 0.29) is 6.10 Å². The maximum atomic E-state index is 8.63. The number of unbranched alkanes of at least 4 members (excludes halogenated alkanes) is 7. The third kappa shape index (κ3) is 8.55. The van der Waals surface area contributed by atoms with Crippen LogP contribution in [0.4, 0.5) is 0 Å². The lowest BCUT2D eigenvalue weighted by atomic mass is 10.0. The molecule has 1 heterocycles. The maximum absolute atomic E-state index is 8.63. The highest BCUT2D eigenvalue weighted by Crippen LogP contribution is 2.16. The van der Waals surface area contributed by atoms with Crippen LogP contribution in [0.5, 0.6) is 0 Å². The quantitative estimate of drug-likeness (QED) is 0.475. The lowest BCUT2D eigenvalue weighted by molar-refractivity contribution is -0.549. The second-order valence-corrected chi connectivity index (χ2v) is 4.74. The van der Waals surface area contributed by atoms with E-state index in [1.165, 1.54) is 44.9 Å². The van der Waals surface area contributed by atoms with Crippen LogP contribution < -0.4 is 0 Å². The van der Waals surface area contributed by atoms with Crippen molar-refractivity contribution in [2.45, 2.75) is 70.3 Å². The zero-order valence-electron chi connectivity index (χ0n) is 10.7. The van der Waals surface area contributed by atoms with Crippen molar-refractivity contribution in [2.75, 3.05) is 13.2 Å². The molecule has 1 N–H and O–H groups in total. The van der Waals surface area contributed by atoms with Crippen molar-refractivity contribution in [3.8, 4) is 0 Å². The van der Waals surface area contributed by atoms with Crippen LogP contribution in [0, 0.1) is 0 Å². The van der Waals surface area contributed by atoms with Gasteiger partial charge >= 0.3 is 0 Å². The van der Waals surface area contributed by atoms with E-state index in [1.54, 1.807) is 0 Å². The van der Waals surface area contributed by atoms with Crippen molar-refractivity contribution >= 4 is 0 Å². The molecule has 0 aromatic carbocycles. The van der Waals surface area contributed by atoms with Crippen LogP contribution in [-0.4, -0.2) is 24.4 Å². The molecule has 4 heteroatoms. The van der Waals surface area contributed by atoms with Gasteiger partial charge in [0.05, 0.1) is 12.7 Å². The van der Waals surface area contributed by atoms with Gasteiger partial charge in [0.25, 0.3) is 0 Å². The predicted molar refractivity (Wildman–Crippen MR) is 65.2 cm³/mol. The standard InChI is InChI=1S/C13H26O4/c14-11-8-6-4-2-1-3-5-7-9-13-10-12-15-17-16-13/h13-14H,1-12H2. The Morgan fingerprint density at radius 2 is 1.53 bits per heavy atom. The Bertz CT molecular complexity index is 157. The zero-order chi connectivity index (χ0) is 12.2. The van der Waals surface area contributed by atoms with Gasteiger partial charge in [-0.1, -0.05) is 50.0 Å². The first-order valence-electron chi connectivity index (χ1n) is 6.99. The molecule has 102 valence electrons. The zero-order valence-corrected chi connectivity index (χ0v) is 10.7. The molecule has 1 unspecified atom stereocenters. The minimum Gasteiger partial charge on any atom is -0.396 e. The molecule has 0 saturated carbocycles. The summed E-state index contributed by atoms with van der Waals surface area (Å²) in [6.07, 6.45) is 12.1. The molecule has 0 radical (unpaired) electrons. The number of hydrogen-bond acceptors (Lipinski definition) is 4. The fourth-order valence-electron chi connectivity index (χ4n) is 2.08. The summed E-state index contributed by atoms with van der Waals surface area (Å²) < 4.78 is 0. The largest absolute Gasteiger partial charge is 0.396 e. The van der Waals surface area contributed by atoms with Gasteiger partial charge in [-0.15, -0.1) is 0 Å². The van der Waals surface area contributed by atoms with E-state index >= 15 is 0 Å². The molecule has 1 aliphatic rings. The Morgan fingerprint density at radius 1 is 0.882 bits per heavy atom. The van der Waals surface area contributed by atoms with Gasteiger partial charge in [-0.2, -0.15) is 0 Å². The van der Waals surface area contributed by atoms with Gasteiger partial charge in [-0.3, -0.25) is 0 Å². The van der Waals surface area contributed by atoms with Crippen LogP contribution in [0.2, 0.25) is 0 Å². The van der Waals surface area contributed by atoms with Gasteiger partial charge in [0.1, 0.15) is 0 Å². The summed E-state index contributed by atoms with van der Waals surface area (Å²) in [7, 11) is 0. The topological polar surface area (TPSA) is 47.9 Å². The first-order chi connectivity index (χ1) is 8.43. The summed E-state index contributed by atoms with van der Waals surface area (Å²) in [6.45, 7) is 0.989. The minimum absolute atomic E-state index is 0.230. The van der Waals surface area contributed by atoms with E-state index in [1.807, 2.05) is 0 Å². The Labute approximate surface area is 104 Å². The van der Waals surface area contributed by atoms with E-state index in [9.17, 15) is 0 Å². The average Bonchev–Trinajstić information content (AvgIpc) is 2.38. The smallest absolute Gasteiger partial charge is 0.0984 e. The van der Waals surface area contributed by atoms with Crippen molar-refractivity contribution in [1.29, 1.82) is 0 Å². The summed E-state index contributed by atoms with van der Waals surface area (Å²) in [5.74, 6) is 0. The summed E-state index contributed by atoms with van der Waals surface area (Å²) in [6, 6.07) is 0. The molecule has 1 aliphatic heterocycles. The first kappa shape index (κ1) is 14.9. The van der Waals surface area contributed by atoms with E-state index in [0.29, 0.717) is 13.2 Å². The normalized spacial score (nSPS) is 20.6. The van der Waals surface area contributed by atoms with Gasteiger partial charge in [0.2, 0.25) is 0 Å². The summed E-state index contributed by atoms with van der Waals surface area (Å²) in [5.41, 5.74) is 0. The third-order valence-electron chi connectivity index (χ3n) is 3.18. The molecular formula is C13H26O4. The van der Waals surface area contributed by atoms with E-state index in [4.69, 9.17) is 9.99 Å². The average molecular weight is 246 g/mol. The third-order valence-corrected chi connectivity index (χ3v) is 3.18. The Balaban J connectivity index is 1.75. The lowest BCUT2D eigenvalue weighted by Gasteiger charge is -2.19. The lowest BCUT2D eigenvalue weighted by Crippen LogP contribution is -2.21. The van der Waals surface area contributed by atoms with Crippen molar-refractivity contribution < 1.29 is 19.9 Å². The summed E-state index contributed by atoms with van der Waals surface area (Å²) >= 11 is 0. The highest BCUT2D eigenvalue weighted by atomic mass is 17.5. The molecule has 0 amide bonds. The predicted octanol–water partition coefficient (Wildman–Crippen LogP) is 3.14. The number of rotatable bonds is 10. The molecule has 1 rings (SSSR count). The second-order valence-electron chi connectivity index (χ2n) is 4.74. The molecule has 1 atom stereocenters. The molecule has 4 nitrogen and oxygen atoms in total. The molecule has 0 bridgehead atoms. The van der Waals surface area contributed by atoms with Gasteiger partial charge in [0.15, 0.2) is 0 Å². The van der Waals surface area contributed by atoms with Gasteiger partial charge in [-0.25, -0.2) is 9.78 Å². The highest BCUT2D eigenvalue weighted by molar-refractivity contribution is 4.57. The molecule has 0 aliphatic carbocycles. The molecular weight excluding hydrogens is 220 g/mol. The molecule has 0 spiro atoms. The van der Waals surface area contributed by atoms with E-state index in [0.717, 1.165) is 19.3 Å². The van der Waals surface area contributed by atoms with Crippen LogP contribution in [0.25, 0.3) is 0 Å². The SMILES string of the molecule is OCCCCCCCCCCC1CCOOO1. The van der Waals surface area contributed by atoms with Crippen LogP contribution in [0.3, 0.4) is 0 Å². The van der Waals surface area contributed by atoms with Crippen molar-refractivity contribution in [3.63, 3.8) is 0 Å². The highest BCUT2D eigenvalue weighted by Gasteiger charge is 2.15. The van der Waals surface area contributed by atoms with Gasteiger partial charge < -0.3 is 5.11 Å². The van der Waals surface area contributed by atoms with Crippen molar-refractivity contribution in [2.24, 2.45) is 0 Å². The number of aliphatic hydroxyl groups is 1. The Morgan fingerprint density at radius 3 is 2.12 bits per heavy atom. The van der Waals surface area contributed by atoms with Gasteiger partial charge in [0, 0.05) is 13.0 Å². The first-order valence-corrected chi connectivity index (χ1v) is 6.99. The Kier molecular flexibility index (Phi) is 9.61. The fourth-order valence-corrected chi connectivity index (χ4v) is 2.08. The monoisotopic (exact) mass is 246 g/mol. The maximum Gasteiger partial charge on any atom is 0.0984 e. The molecule has 1 saturated heterocycles. The van der Waals surface area contributed by atoms with Gasteiger partial charge in [-0.05, 0) is 12.8 Å². The molecule has 0 aromatic heterocycles. The summed E-state index contributed by atoms with van der Waals surface area (Å²) in [5, 5.41) is 13.1. The van der Waals surface area contributed by atoms with E-state index in [2.05, 4.69) is 9.93 Å². The summed E-state index contributed by atoms with van der Waals surface area (Å²) in [4.78, 5) is 9.66. The van der Waals surface area contributed by atoms with E-state index < -0.39 is 0 Å². The van der Waals surface area contributed by atoms with Crippen molar-refractivity contribution in [3.05, 3.63) is 0 Å². The molecule has 0 aromatic rings. The van der Waals surface area contributed by atoms with Crippen LogP contribution in [0.1, 0.15) is 64.2 Å². The fraction of sp³-hybridized carbons (Fsp3) is 1.00. The minimum atomic E-state index is 0.230. The van der Waals surface area contributed by atoms with Crippen LogP contribution in [-0.2, 0) is 14.8 Å². The number of aliphatic hydroxyl groups excluding tert-OH is 1. The van der Waals surface area contributed by atoms with Crippen LogP contribution in [0.15, 0.2) is 0 Å².